The third-order valence-electron chi connectivity index (χ3n) is 3.78. The molecule has 1 aliphatic heterocycles. The van der Waals surface area contributed by atoms with Crippen molar-refractivity contribution in [3.8, 4) is 11.3 Å². The Morgan fingerprint density at radius 1 is 1.23 bits per heavy atom. The summed E-state index contributed by atoms with van der Waals surface area (Å²) in [6.45, 7) is 5.62. The average Bonchev–Trinajstić information content (AvgIpc) is 2.54. The van der Waals surface area contributed by atoms with Gasteiger partial charge in [0.2, 0.25) is 0 Å². The van der Waals surface area contributed by atoms with E-state index in [9.17, 15) is 4.79 Å². The Hall–Kier alpha value is -2.27. The molecule has 22 heavy (non-hydrogen) atoms. The Balaban J connectivity index is 1.94. The van der Waals surface area contributed by atoms with Crippen molar-refractivity contribution in [1.82, 2.24) is 9.97 Å². The van der Waals surface area contributed by atoms with Crippen LogP contribution in [0.4, 0.5) is 5.69 Å². The van der Waals surface area contributed by atoms with Crippen molar-refractivity contribution in [3.63, 3.8) is 0 Å². The van der Waals surface area contributed by atoms with E-state index in [4.69, 9.17) is 4.74 Å². The molecule has 1 fully saturated rings. The van der Waals surface area contributed by atoms with Crippen LogP contribution in [0.25, 0.3) is 11.3 Å². The Morgan fingerprint density at radius 3 is 2.55 bits per heavy atom. The summed E-state index contributed by atoms with van der Waals surface area (Å²) in [6, 6.07) is 5.60. The highest BCUT2D eigenvalue weighted by molar-refractivity contribution is 5.86. The lowest BCUT2D eigenvalue weighted by molar-refractivity contribution is -0.00527. The highest BCUT2D eigenvalue weighted by Crippen LogP contribution is 2.26. The standard InChI is InChI=1S/C17H19N3O2/c1-12-9-20(10-13(2)22-12)17-8-19-16(7-15(17)11-21)14-3-5-18-6-4-14/h3-8,11-13H,9-10H2,1-2H3/t12-,13+. The molecule has 0 aliphatic carbocycles. The molecule has 0 aromatic carbocycles. The maximum atomic E-state index is 11.5. The molecule has 114 valence electrons. The molecule has 0 radical (unpaired) electrons. The van der Waals surface area contributed by atoms with Crippen LogP contribution < -0.4 is 4.90 Å². The van der Waals surface area contributed by atoms with Crippen LogP contribution in [0.1, 0.15) is 24.2 Å². The van der Waals surface area contributed by atoms with Gasteiger partial charge in [0, 0.05) is 36.6 Å². The highest BCUT2D eigenvalue weighted by atomic mass is 16.5. The molecule has 5 nitrogen and oxygen atoms in total. The second kappa shape index (κ2) is 6.23. The zero-order chi connectivity index (χ0) is 15.5. The van der Waals surface area contributed by atoms with E-state index >= 15 is 0 Å². The molecule has 0 bridgehead atoms. The van der Waals surface area contributed by atoms with Crippen molar-refractivity contribution < 1.29 is 9.53 Å². The van der Waals surface area contributed by atoms with E-state index in [2.05, 4.69) is 14.9 Å². The van der Waals surface area contributed by atoms with Crippen molar-refractivity contribution >= 4 is 12.0 Å². The first kappa shape index (κ1) is 14.7. The Kier molecular flexibility index (Phi) is 4.15. The molecule has 2 atom stereocenters. The summed E-state index contributed by atoms with van der Waals surface area (Å²) in [4.78, 5) is 22.2. The zero-order valence-electron chi connectivity index (χ0n) is 12.8. The summed E-state index contributed by atoms with van der Waals surface area (Å²) in [5.74, 6) is 0. The lowest BCUT2D eigenvalue weighted by Gasteiger charge is -2.37. The minimum absolute atomic E-state index is 0.142. The van der Waals surface area contributed by atoms with E-state index in [0.29, 0.717) is 5.56 Å². The summed E-state index contributed by atoms with van der Waals surface area (Å²) in [6.07, 6.45) is 6.40. The predicted octanol–water partition coefficient (Wildman–Crippen LogP) is 2.57. The molecular formula is C17H19N3O2. The SMILES string of the molecule is C[C@@H]1CN(c2cnc(-c3ccncc3)cc2C=O)C[C@H](C)O1. The molecule has 5 heteroatoms. The molecule has 0 amide bonds. The number of rotatable bonds is 3. The molecule has 0 saturated carbocycles. The second-order valence-electron chi connectivity index (χ2n) is 5.64. The van der Waals surface area contributed by atoms with Gasteiger partial charge in [-0.15, -0.1) is 0 Å². The van der Waals surface area contributed by atoms with Crippen molar-refractivity contribution in [1.29, 1.82) is 0 Å². The van der Waals surface area contributed by atoms with Crippen molar-refractivity contribution in [2.24, 2.45) is 0 Å². The van der Waals surface area contributed by atoms with Gasteiger partial charge in [-0.25, -0.2) is 0 Å². The molecule has 2 aromatic heterocycles. The topological polar surface area (TPSA) is 55.3 Å². The van der Waals surface area contributed by atoms with Gasteiger partial charge < -0.3 is 9.64 Å². The molecule has 1 saturated heterocycles. The first-order chi connectivity index (χ1) is 10.7. The predicted molar refractivity (Wildman–Crippen MR) is 85.1 cm³/mol. The molecular weight excluding hydrogens is 278 g/mol. The molecule has 3 rings (SSSR count). The average molecular weight is 297 g/mol. The van der Waals surface area contributed by atoms with E-state index in [-0.39, 0.29) is 12.2 Å². The molecule has 0 unspecified atom stereocenters. The summed E-state index contributed by atoms with van der Waals surface area (Å²) >= 11 is 0. The number of aldehydes is 1. The Labute approximate surface area is 130 Å². The van der Waals surface area contributed by atoms with Gasteiger partial charge in [0.25, 0.3) is 0 Å². The van der Waals surface area contributed by atoms with Crippen LogP contribution in [-0.4, -0.2) is 41.6 Å². The van der Waals surface area contributed by atoms with Crippen LogP contribution in [-0.2, 0) is 4.74 Å². The number of morpholine rings is 1. The Morgan fingerprint density at radius 2 is 1.91 bits per heavy atom. The van der Waals surface area contributed by atoms with Crippen LogP contribution in [0.5, 0.6) is 0 Å². The van der Waals surface area contributed by atoms with Gasteiger partial charge in [-0.2, -0.15) is 0 Å². The van der Waals surface area contributed by atoms with Crippen LogP contribution in [0.15, 0.2) is 36.8 Å². The first-order valence-corrected chi connectivity index (χ1v) is 7.43. The van der Waals surface area contributed by atoms with Gasteiger partial charge in [-0.3, -0.25) is 14.8 Å². The lowest BCUT2D eigenvalue weighted by Crippen LogP contribution is -2.45. The molecule has 3 heterocycles. The Bertz CT molecular complexity index is 650. The first-order valence-electron chi connectivity index (χ1n) is 7.43. The maximum Gasteiger partial charge on any atom is 0.152 e. The van der Waals surface area contributed by atoms with Crippen molar-refractivity contribution in [2.75, 3.05) is 18.0 Å². The number of pyridine rings is 2. The smallest absolute Gasteiger partial charge is 0.152 e. The third kappa shape index (κ3) is 2.99. The van der Waals surface area contributed by atoms with Gasteiger partial charge in [-0.1, -0.05) is 0 Å². The highest BCUT2D eigenvalue weighted by Gasteiger charge is 2.24. The fourth-order valence-corrected chi connectivity index (χ4v) is 2.88. The number of hydrogen-bond donors (Lipinski definition) is 0. The number of hydrogen-bond acceptors (Lipinski definition) is 5. The molecule has 0 N–H and O–H groups in total. The number of anilines is 1. The number of nitrogens with zero attached hydrogens (tertiary/aromatic N) is 3. The van der Waals surface area contributed by atoms with E-state index < -0.39 is 0 Å². The van der Waals surface area contributed by atoms with Crippen LogP contribution >= 0.6 is 0 Å². The zero-order valence-corrected chi connectivity index (χ0v) is 12.8. The van der Waals surface area contributed by atoms with E-state index in [1.54, 1.807) is 18.6 Å². The number of ether oxygens (including phenoxy) is 1. The van der Waals surface area contributed by atoms with E-state index in [1.165, 1.54) is 0 Å². The molecule has 2 aromatic rings. The van der Waals surface area contributed by atoms with Crippen LogP contribution in [0.2, 0.25) is 0 Å². The van der Waals surface area contributed by atoms with Gasteiger partial charge in [0.15, 0.2) is 6.29 Å². The summed E-state index contributed by atoms with van der Waals surface area (Å²) < 4.78 is 5.75. The number of carbonyl (C=O) groups excluding carboxylic acids is 1. The summed E-state index contributed by atoms with van der Waals surface area (Å²) in [5.41, 5.74) is 3.26. The number of aromatic nitrogens is 2. The summed E-state index contributed by atoms with van der Waals surface area (Å²) in [7, 11) is 0. The number of carbonyl (C=O) groups is 1. The fraction of sp³-hybridized carbons (Fsp3) is 0.353. The van der Waals surface area contributed by atoms with Crippen LogP contribution in [0.3, 0.4) is 0 Å². The van der Waals surface area contributed by atoms with Crippen molar-refractivity contribution in [3.05, 3.63) is 42.4 Å². The normalized spacial score (nSPS) is 21.6. The minimum atomic E-state index is 0.142. The summed E-state index contributed by atoms with van der Waals surface area (Å²) in [5, 5.41) is 0. The van der Waals surface area contributed by atoms with Gasteiger partial charge in [-0.05, 0) is 32.0 Å². The van der Waals surface area contributed by atoms with E-state index in [1.807, 2.05) is 32.0 Å². The fourth-order valence-electron chi connectivity index (χ4n) is 2.88. The minimum Gasteiger partial charge on any atom is -0.372 e. The van der Waals surface area contributed by atoms with Gasteiger partial charge in [0.05, 0.1) is 29.8 Å². The quantitative estimate of drug-likeness (QED) is 0.815. The van der Waals surface area contributed by atoms with Gasteiger partial charge >= 0.3 is 0 Å². The second-order valence-corrected chi connectivity index (χ2v) is 5.64. The van der Waals surface area contributed by atoms with E-state index in [0.717, 1.165) is 36.3 Å². The largest absolute Gasteiger partial charge is 0.372 e. The van der Waals surface area contributed by atoms with Gasteiger partial charge in [0.1, 0.15) is 0 Å². The third-order valence-corrected chi connectivity index (χ3v) is 3.78. The molecule has 1 aliphatic rings. The van der Waals surface area contributed by atoms with Crippen molar-refractivity contribution in [2.45, 2.75) is 26.1 Å². The maximum absolute atomic E-state index is 11.5. The monoisotopic (exact) mass is 297 g/mol. The van der Waals surface area contributed by atoms with Crippen LogP contribution in [0, 0.1) is 0 Å². The molecule has 0 spiro atoms. The lowest BCUT2D eigenvalue weighted by atomic mass is 10.1.